The lowest BCUT2D eigenvalue weighted by atomic mass is 10.0. The Hall–Kier alpha value is -3.14. The molecule has 1 fully saturated rings. The summed E-state index contributed by atoms with van der Waals surface area (Å²) >= 11 is 1.20. The van der Waals surface area contributed by atoms with Crippen LogP contribution in [-0.2, 0) is 4.79 Å². The Labute approximate surface area is 167 Å². The Morgan fingerprint density at radius 3 is 2.86 bits per heavy atom. The summed E-state index contributed by atoms with van der Waals surface area (Å²) in [6, 6.07) is 4.96. The number of benzene rings is 1. The first kappa shape index (κ1) is 17.9. The third-order valence-electron chi connectivity index (χ3n) is 4.92. The van der Waals surface area contributed by atoms with E-state index in [4.69, 9.17) is 0 Å². The van der Waals surface area contributed by atoms with Gasteiger partial charge in [0.25, 0.3) is 0 Å². The van der Waals surface area contributed by atoms with Gasteiger partial charge in [0.1, 0.15) is 22.3 Å². The molecule has 0 spiro atoms. The van der Waals surface area contributed by atoms with Crippen molar-refractivity contribution in [2.75, 3.05) is 24.3 Å². The molecule has 3 heterocycles. The number of aromatic amines is 1. The van der Waals surface area contributed by atoms with Gasteiger partial charge in [-0.1, -0.05) is 11.3 Å². The molecule has 7 nitrogen and oxygen atoms in total. The third kappa shape index (κ3) is 3.00. The smallest absolute Gasteiger partial charge is 0.232 e. The van der Waals surface area contributed by atoms with Gasteiger partial charge in [-0.3, -0.25) is 9.89 Å². The van der Waals surface area contributed by atoms with E-state index in [1.807, 2.05) is 0 Å². The van der Waals surface area contributed by atoms with Gasteiger partial charge in [0, 0.05) is 25.0 Å². The van der Waals surface area contributed by atoms with E-state index >= 15 is 0 Å². The fourth-order valence-corrected chi connectivity index (χ4v) is 4.21. The zero-order valence-corrected chi connectivity index (χ0v) is 16.3. The molecule has 0 radical (unpaired) electrons. The van der Waals surface area contributed by atoms with Crippen LogP contribution in [0.1, 0.15) is 6.42 Å². The van der Waals surface area contributed by atoms with Crippen LogP contribution in [-0.4, -0.2) is 46.3 Å². The zero-order valence-electron chi connectivity index (χ0n) is 15.5. The summed E-state index contributed by atoms with van der Waals surface area (Å²) in [5, 5.41) is 10.7. The van der Waals surface area contributed by atoms with E-state index in [0.29, 0.717) is 37.9 Å². The first-order valence-electron chi connectivity index (χ1n) is 8.98. The van der Waals surface area contributed by atoms with E-state index in [1.165, 1.54) is 17.4 Å². The number of pyridine rings is 1. The topological polar surface area (TPSA) is 86.8 Å². The van der Waals surface area contributed by atoms with Crippen molar-refractivity contribution in [2.24, 2.45) is 5.92 Å². The van der Waals surface area contributed by atoms with Crippen LogP contribution >= 0.6 is 11.3 Å². The van der Waals surface area contributed by atoms with Crippen molar-refractivity contribution < 1.29 is 13.6 Å². The summed E-state index contributed by atoms with van der Waals surface area (Å²) in [4.78, 5) is 23.2. The SMILES string of the molecule is CN(C)c1c(F)cc(-c2ccc3nc(NC(=O)[C@@H]4C[C@@H]4F)sc3n2)c2cn[nH]c12. The van der Waals surface area contributed by atoms with Crippen LogP contribution < -0.4 is 10.2 Å². The Morgan fingerprint density at radius 1 is 1.34 bits per heavy atom. The number of rotatable bonds is 4. The van der Waals surface area contributed by atoms with Gasteiger partial charge < -0.3 is 10.2 Å². The second kappa shape index (κ2) is 6.45. The molecule has 1 amide bonds. The largest absolute Gasteiger partial charge is 0.374 e. The molecule has 2 N–H and O–H groups in total. The van der Waals surface area contributed by atoms with Crippen LogP contribution in [0, 0.1) is 11.7 Å². The van der Waals surface area contributed by atoms with Crippen LogP contribution in [0.25, 0.3) is 32.5 Å². The average Bonchev–Trinajstić information content (AvgIpc) is 3.05. The average molecular weight is 414 g/mol. The predicted molar refractivity (Wildman–Crippen MR) is 108 cm³/mol. The van der Waals surface area contributed by atoms with Gasteiger partial charge in [-0.25, -0.2) is 18.7 Å². The molecule has 5 rings (SSSR count). The van der Waals surface area contributed by atoms with Gasteiger partial charge in [-0.15, -0.1) is 0 Å². The number of hydrogen-bond donors (Lipinski definition) is 2. The van der Waals surface area contributed by atoms with Gasteiger partial charge >= 0.3 is 0 Å². The van der Waals surface area contributed by atoms with Gasteiger partial charge in [-0.2, -0.15) is 5.10 Å². The van der Waals surface area contributed by atoms with Gasteiger partial charge in [0.15, 0.2) is 5.13 Å². The molecule has 0 bridgehead atoms. The van der Waals surface area contributed by atoms with Crippen molar-refractivity contribution in [3.63, 3.8) is 0 Å². The Kier molecular flexibility index (Phi) is 3.98. The van der Waals surface area contributed by atoms with E-state index in [0.717, 1.165) is 5.39 Å². The molecular formula is C19H16F2N6OS. The van der Waals surface area contributed by atoms with Crippen molar-refractivity contribution in [2.45, 2.75) is 12.6 Å². The van der Waals surface area contributed by atoms with Gasteiger partial charge in [0.2, 0.25) is 5.91 Å². The lowest BCUT2D eigenvalue weighted by Crippen LogP contribution is -2.14. The number of hydrogen-bond acceptors (Lipinski definition) is 6. The number of alkyl halides is 1. The second-order valence-electron chi connectivity index (χ2n) is 7.19. The number of halogens is 2. The van der Waals surface area contributed by atoms with E-state index in [-0.39, 0.29) is 18.1 Å². The van der Waals surface area contributed by atoms with Crippen LogP contribution in [0.4, 0.5) is 19.6 Å². The number of amides is 1. The standard InChI is InChI=1S/C19H16F2N6OS/c1-27(2)16-12(21)5-8(10-7-22-26-15(10)16)13-3-4-14-18(23-13)29-19(24-14)25-17(28)9-6-11(9)20/h3-5,7,9,11H,6H2,1-2H3,(H,22,26)(H,24,25,28)/t9-,11+/m1/s1. The van der Waals surface area contributed by atoms with Crippen LogP contribution in [0.2, 0.25) is 0 Å². The normalized spacial score (nSPS) is 18.3. The maximum absolute atomic E-state index is 14.8. The van der Waals surface area contributed by atoms with Crippen LogP contribution in [0.3, 0.4) is 0 Å². The summed E-state index contributed by atoms with van der Waals surface area (Å²) in [6.45, 7) is 0. The number of thiazole rings is 1. The maximum Gasteiger partial charge on any atom is 0.232 e. The number of nitrogens with zero attached hydrogens (tertiary/aromatic N) is 4. The number of anilines is 2. The highest BCUT2D eigenvalue weighted by molar-refractivity contribution is 7.22. The second-order valence-corrected chi connectivity index (χ2v) is 8.17. The summed E-state index contributed by atoms with van der Waals surface area (Å²) in [5.41, 5.74) is 2.80. The molecule has 0 unspecified atom stereocenters. The van der Waals surface area contributed by atoms with Crippen LogP contribution in [0.15, 0.2) is 24.4 Å². The molecular weight excluding hydrogens is 398 g/mol. The molecule has 0 aliphatic heterocycles. The molecule has 1 saturated carbocycles. The minimum Gasteiger partial charge on any atom is -0.374 e. The highest BCUT2D eigenvalue weighted by Gasteiger charge is 2.43. The molecule has 1 aromatic carbocycles. The van der Waals surface area contributed by atoms with E-state index in [2.05, 4.69) is 25.5 Å². The van der Waals surface area contributed by atoms with E-state index < -0.39 is 12.1 Å². The number of carbonyl (C=O) groups excluding carboxylic acids is 1. The molecule has 29 heavy (non-hydrogen) atoms. The number of nitrogens with one attached hydrogen (secondary N) is 2. The molecule has 1 aliphatic carbocycles. The molecule has 148 valence electrons. The molecule has 2 atom stereocenters. The van der Waals surface area contributed by atoms with Gasteiger partial charge in [0.05, 0.1) is 29.0 Å². The first-order valence-corrected chi connectivity index (χ1v) is 9.80. The summed E-state index contributed by atoms with van der Waals surface area (Å²) in [5.74, 6) is -1.33. The van der Waals surface area contributed by atoms with Gasteiger partial charge in [-0.05, 0) is 24.6 Å². The highest BCUT2D eigenvalue weighted by Crippen LogP contribution is 2.37. The predicted octanol–water partition coefficient (Wildman–Crippen LogP) is 3.74. The number of H-pyrrole nitrogens is 1. The monoisotopic (exact) mass is 414 g/mol. The lowest BCUT2D eigenvalue weighted by Gasteiger charge is -2.16. The fourth-order valence-electron chi connectivity index (χ4n) is 3.37. The van der Waals surface area contributed by atoms with Crippen molar-refractivity contribution in [1.82, 2.24) is 20.2 Å². The molecule has 3 aromatic heterocycles. The van der Waals surface area contributed by atoms with E-state index in [1.54, 1.807) is 37.3 Å². The summed E-state index contributed by atoms with van der Waals surface area (Å²) in [7, 11) is 3.53. The third-order valence-corrected chi connectivity index (χ3v) is 5.80. The highest BCUT2D eigenvalue weighted by atomic mass is 32.1. The minimum absolute atomic E-state index is 0.258. The Morgan fingerprint density at radius 2 is 2.14 bits per heavy atom. The van der Waals surface area contributed by atoms with E-state index in [9.17, 15) is 13.6 Å². The lowest BCUT2D eigenvalue weighted by molar-refractivity contribution is -0.117. The molecule has 1 aliphatic rings. The number of carbonyl (C=O) groups is 1. The Balaban J connectivity index is 1.55. The summed E-state index contributed by atoms with van der Waals surface area (Å²) in [6.07, 6.45) is 0.838. The molecule has 0 saturated heterocycles. The zero-order chi connectivity index (χ0) is 20.3. The van der Waals surface area contributed by atoms with Crippen molar-refractivity contribution in [1.29, 1.82) is 0 Å². The van der Waals surface area contributed by atoms with Crippen molar-refractivity contribution >= 4 is 49.3 Å². The summed E-state index contributed by atoms with van der Waals surface area (Å²) < 4.78 is 27.8. The first-order chi connectivity index (χ1) is 13.9. The maximum atomic E-state index is 14.8. The van der Waals surface area contributed by atoms with Crippen LogP contribution in [0.5, 0.6) is 0 Å². The quantitative estimate of drug-likeness (QED) is 0.531. The number of fused-ring (bicyclic) bond motifs is 2. The van der Waals surface area contributed by atoms with Crippen molar-refractivity contribution in [3.05, 3.63) is 30.2 Å². The molecule has 10 heteroatoms. The minimum atomic E-state index is -1.06. The van der Waals surface area contributed by atoms with Crippen molar-refractivity contribution in [3.8, 4) is 11.3 Å². The Bertz CT molecular complexity index is 1270. The fraction of sp³-hybridized carbons (Fsp3) is 0.263. The molecule has 4 aromatic rings. The number of aromatic nitrogens is 4.